The first-order valence-electron chi connectivity index (χ1n) is 5.63. The number of hydrogen-bond acceptors (Lipinski definition) is 4. The minimum absolute atomic E-state index is 0.110. The number of nitrogens with two attached hydrogens (primary N) is 1. The molecule has 0 radical (unpaired) electrons. The van der Waals surface area contributed by atoms with E-state index in [1.165, 1.54) is 17.4 Å². The summed E-state index contributed by atoms with van der Waals surface area (Å²) in [7, 11) is 0. The third-order valence-corrected chi connectivity index (χ3v) is 4.05. The van der Waals surface area contributed by atoms with Gasteiger partial charge in [-0.3, -0.25) is 11.3 Å². The Balaban J connectivity index is 2.38. The van der Waals surface area contributed by atoms with E-state index in [-0.39, 0.29) is 5.56 Å². The summed E-state index contributed by atoms with van der Waals surface area (Å²) < 4.78 is 39.7. The van der Waals surface area contributed by atoms with Gasteiger partial charge in [0.1, 0.15) is 0 Å². The highest BCUT2D eigenvalue weighted by Crippen LogP contribution is 2.37. The number of alkyl halides is 3. The molecule has 1 unspecified atom stereocenters. The molecule has 0 aliphatic rings. The molecule has 8 heteroatoms. The maximum absolute atomic E-state index is 13.1. The maximum Gasteiger partial charge on any atom is 0.416 e. The lowest BCUT2D eigenvalue weighted by Crippen LogP contribution is -2.31. The number of rotatable bonds is 4. The zero-order chi connectivity index (χ0) is 14.8. The van der Waals surface area contributed by atoms with E-state index in [0.29, 0.717) is 10.9 Å². The number of hydrogen-bond donors (Lipinski definition) is 2. The molecule has 1 heterocycles. The van der Waals surface area contributed by atoms with Gasteiger partial charge in [0.2, 0.25) is 0 Å². The summed E-state index contributed by atoms with van der Waals surface area (Å²) in [5.41, 5.74) is 1.85. The van der Waals surface area contributed by atoms with E-state index < -0.39 is 17.8 Å². The van der Waals surface area contributed by atoms with Crippen molar-refractivity contribution in [2.24, 2.45) is 5.84 Å². The Morgan fingerprint density at radius 3 is 2.70 bits per heavy atom. The molecule has 0 fully saturated rings. The van der Waals surface area contributed by atoms with Crippen molar-refractivity contribution in [3.8, 4) is 0 Å². The molecule has 0 saturated carbocycles. The van der Waals surface area contributed by atoms with Crippen molar-refractivity contribution in [1.29, 1.82) is 0 Å². The third-order valence-electron chi connectivity index (χ3n) is 2.76. The van der Waals surface area contributed by atoms with Crippen LogP contribution in [0.5, 0.6) is 0 Å². The number of nitrogens with zero attached hydrogens (tertiary/aromatic N) is 1. The lowest BCUT2D eigenvalue weighted by Gasteiger charge is -2.20. The molecule has 1 atom stereocenters. The van der Waals surface area contributed by atoms with Gasteiger partial charge >= 0.3 is 6.18 Å². The molecule has 1 aromatic carbocycles. The van der Waals surface area contributed by atoms with Crippen molar-refractivity contribution in [2.45, 2.75) is 18.6 Å². The average molecular weight is 366 g/mol. The smallest absolute Gasteiger partial charge is 0.271 e. The monoisotopic (exact) mass is 365 g/mol. The Hall–Kier alpha value is -0.960. The molecule has 20 heavy (non-hydrogen) atoms. The van der Waals surface area contributed by atoms with Gasteiger partial charge < -0.3 is 0 Å². The molecule has 108 valence electrons. The molecule has 2 aromatic rings. The van der Waals surface area contributed by atoms with Crippen molar-refractivity contribution < 1.29 is 13.2 Å². The maximum atomic E-state index is 13.1. The van der Waals surface area contributed by atoms with Gasteiger partial charge in [0.05, 0.1) is 16.6 Å². The standard InChI is InChI=1S/C12H11BrF3N3S/c13-7-1-2-8(9(5-7)12(14,15)16)10(19-17)6-11-18-3-4-20-11/h1-5,10,19H,6,17H2. The summed E-state index contributed by atoms with van der Waals surface area (Å²) in [6.45, 7) is 0. The summed E-state index contributed by atoms with van der Waals surface area (Å²) in [6.07, 6.45) is -2.52. The van der Waals surface area contributed by atoms with Crippen LogP contribution in [0.25, 0.3) is 0 Å². The molecule has 0 spiro atoms. The molecule has 2 rings (SSSR count). The van der Waals surface area contributed by atoms with Crippen LogP contribution in [-0.4, -0.2) is 4.98 Å². The molecule has 0 bridgehead atoms. The van der Waals surface area contributed by atoms with E-state index in [1.54, 1.807) is 17.6 Å². The summed E-state index contributed by atoms with van der Waals surface area (Å²) in [4.78, 5) is 4.07. The predicted octanol–water partition coefficient (Wildman–Crippen LogP) is 3.67. The Bertz CT molecular complexity index is 572. The summed E-state index contributed by atoms with van der Waals surface area (Å²) in [6, 6.07) is 3.40. The van der Waals surface area contributed by atoms with Crippen LogP contribution in [0.1, 0.15) is 22.2 Å². The van der Waals surface area contributed by atoms with Gasteiger partial charge in [0.25, 0.3) is 0 Å². The largest absolute Gasteiger partial charge is 0.416 e. The fourth-order valence-electron chi connectivity index (χ4n) is 1.86. The summed E-state index contributed by atoms with van der Waals surface area (Å²) in [5.74, 6) is 5.42. The van der Waals surface area contributed by atoms with Gasteiger partial charge in [-0.05, 0) is 17.7 Å². The second kappa shape index (κ2) is 6.21. The van der Waals surface area contributed by atoms with E-state index in [9.17, 15) is 13.2 Å². The first-order chi connectivity index (χ1) is 9.41. The molecular weight excluding hydrogens is 355 g/mol. The fraction of sp³-hybridized carbons (Fsp3) is 0.250. The van der Waals surface area contributed by atoms with Crippen LogP contribution in [0, 0.1) is 0 Å². The van der Waals surface area contributed by atoms with E-state index in [0.717, 1.165) is 11.1 Å². The zero-order valence-electron chi connectivity index (χ0n) is 10.1. The lowest BCUT2D eigenvalue weighted by atomic mass is 9.98. The predicted molar refractivity (Wildman–Crippen MR) is 75.0 cm³/mol. The molecule has 3 nitrogen and oxygen atoms in total. The Morgan fingerprint density at radius 2 is 2.15 bits per heavy atom. The lowest BCUT2D eigenvalue weighted by molar-refractivity contribution is -0.138. The number of benzene rings is 1. The van der Waals surface area contributed by atoms with Crippen molar-refractivity contribution >= 4 is 27.3 Å². The topological polar surface area (TPSA) is 50.9 Å². The highest BCUT2D eigenvalue weighted by atomic mass is 79.9. The summed E-state index contributed by atoms with van der Waals surface area (Å²) in [5, 5.41) is 2.50. The van der Waals surface area contributed by atoms with Crippen molar-refractivity contribution in [2.75, 3.05) is 0 Å². The van der Waals surface area contributed by atoms with Crippen LogP contribution < -0.4 is 11.3 Å². The highest BCUT2D eigenvalue weighted by molar-refractivity contribution is 9.10. The first kappa shape index (κ1) is 15.4. The molecule has 1 aromatic heterocycles. The first-order valence-corrected chi connectivity index (χ1v) is 7.30. The van der Waals surface area contributed by atoms with Crippen LogP contribution in [0.4, 0.5) is 13.2 Å². The van der Waals surface area contributed by atoms with Crippen LogP contribution >= 0.6 is 27.3 Å². The van der Waals surface area contributed by atoms with Gasteiger partial charge in [-0.15, -0.1) is 11.3 Å². The molecule has 0 amide bonds. The van der Waals surface area contributed by atoms with E-state index >= 15 is 0 Å². The van der Waals surface area contributed by atoms with Crippen molar-refractivity contribution in [1.82, 2.24) is 10.4 Å². The Kier molecular flexibility index (Phi) is 4.79. The van der Waals surface area contributed by atoms with E-state index in [1.807, 2.05) is 0 Å². The summed E-state index contributed by atoms with van der Waals surface area (Å²) >= 11 is 4.44. The van der Waals surface area contributed by atoms with Crippen LogP contribution in [0.2, 0.25) is 0 Å². The fourth-order valence-corrected chi connectivity index (χ4v) is 2.89. The molecule has 0 aliphatic heterocycles. The number of aromatic nitrogens is 1. The van der Waals surface area contributed by atoms with E-state index in [2.05, 4.69) is 26.3 Å². The second-order valence-electron chi connectivity index (χ2n) is 4.08. The van der Waals surface area contributed by atoms with Crippen LogP contribution in [0.15, 0.2) is 34.2 Å². The Labute approximate surface area is 126 Å². The normalized spacial score (nSPS) is 13.4. The molecule has 0 saturated heterocycles. The number of thiazole rings is 1. The second-order valence-corrected chi connectivity index (χ2v) is 5.97. The minimum Gasteiger partial charge on any atom is -0.271 e. The van der Waals surface area contributed by atoms with Gasteiger partial charge in [-0.25, -0.2) is 4.98 Å². The number of halogens is 4. The van der Waals surface area contributed by atoms with Gasteiger partial charge in [0.15, 0.2) is 0 Å². The van der Waals surface area contributed by atoms with Crippen molar-refractivity contribution in [3.05, 3.63) is 50.4 Å². The average Bonchev–Trinajstić information content (AvgIpc) is 2.88. The highest BCUT2D eigenvalue weighted by Gasteiger charge is 2.35. The molecular formula is C12H11BrF3N3S. The molecule has 0 aliphatic carbocycles. The number of hydrazine groups is 1. The van der Waals surface area contributed by atoms with Crippen LogP contribution in [-0.2, 0) is 12.6 Å². The number of nitrogens with one attached hydrogen (secondary N) is 1. The van der Waals surface area contributed by atoms with Gasteiger partial charge in [0, 0.05) is 22.5 Å². The Morgan fingerprint density at radius 1 is 1.40 bits per heavy atom. The quantitative estimate of drug-likeness (QED) is 0.641. The zero-order valence-corrected chi connectivity index (χ0v) is 12.5. The van der Waals surface area contributed by atoms with E-state index in [4.69, 9.17) is 5.84 Å². The third kappa shape index (κ3) is 3.57. The van der Waals surface area contributed by atoms with Crippen molar-refractivity contribution in [3.63, 3.8) is 0 Å². The minimum atomic E-state index is -4.43. The van der Waals surface area contributed by atoms with Gasteiger partial charge in [-0.1, -0.05) is 22.0 Å². The van der Waals surface area contributed by atoms with Gasteiger partial charge in [-0.2, -0.15) is 13.2 Å². The molecule has 3 N–H and O–H groups in total. The van der Waals surface area contributed by atoms with Crippen LogP contribution in [0.3, 0.4) is 0 Å². The SMILES string of the molecule is NNC(Cc1nccs1)c1ccc(Br)cc1C(F)(F)F.